The van der Waals surface area contributed by atoms with Crippen LogP contribution in [0.3, 0.4) is 0 Å². The first-order valence-electron chi connectivity index (χ1n) is 8.66. The molecule has 0 bridgehead atoms. The monoisotopic (exact) mass is 318 g/mol. The van der Waals surface area contributed by atoms with Gasteiger partial charge in [-0.15, -0.1) is 0 Å². The predicted octanol–water partition coefficient (Wildman–Crippen LogP) is 5.36. The molecule has 130 valence electrons. The summed E-state index contributed by atoms with van der Waals surface area (Å²) in [7, 11) is 1.74. The van der Waals surface area contributed by atoms with Crippen molar-refractivity contribution in [2.45, 2.75) is 66.4 Å². The Kier molecular flexibility index (Phi) is 8.01. The minimum absolute atomic E-state index is 0.0527. The molecule has 0 amide bonds. The van der Waals surface area contributed by atoms with Gasteiger partial charge in [-0.2, -0.15) is 0 Å². The van der Waals surface area contributed by atoms with E-state index in [1.807, 2.05) is 13.0 Å². The molecule has 23 heavy (non-hydrogen) atoms. The smallest absolute Gasteiger partial charge is 0.0794 e. The normalized spacial score (nSPS) is 21.2. The Hall–Kier alpha value is -1.12. The molecular formula is C21H34O2. The summed E-state index contributed by atoms with van der Waals surface area (Å²) < 4.78 is 5.55. The standard InChI is InChI=1S/C21H34O2/c1-16(14-19(23-6)15-17(2)11-13-22)9-10-20-18(3)8-7-12-21(20,4)5/h9-11,14,19,22H,7-8,12-13,15H2,1-6H3. The van der Waals surface area contributed by atoms with Crippen LogP contribution < -0.4 is 0 Å². The molecular weight excluding hydrogens is 284 g/mol. The second kappa shape index (κ2) is 9.24. The van der Waals surface area contributed by atoms with E-state index < -0.39 is 0 Å². The van der Waals surface area contributed by atoms with Crippen molar-refractivity contribution in [2.75, 3.05) is 13.7 Å². The molecule has 1 unspecified atom stereocenters. The molecule has 1 atom stereocenters. The van der Waals surface area contributed by atoms with Crippen LogP contribution in [0.5, 0.6) is 0 Å². The number of rotatable bonds is 7. The summed E-state index contributed by atoms with van der Waals surface area (Å²) in [4.78, 5) is 0. The summed E-state index contributed by atoms with van der Waals surface area (Å²) in [5.74, 6) is 0. The molecule has 0 aliphatic heterocycles. The van der Waals surface area contributed by atoms with E-state index in [1.54, 1.807) is 7.11 Å². The maximum atomic E-state index is 8.96. The van der Waals surface area contributed by atoms with Crippen molar-refractivity contribution in [3.8, 4) is 0 Å². The van der Waals surface area contributed by atoms with Crippen molar-refractivity contribution < 1.29 is 9.84 Å². The van der Waals surface area contributed by atoms with Gasteiger partial charge in [0.05, 0.1) is 12.7 Å². The minimum atomic E-state index is 0.0527. The lowest BCUT2D eigenvalue weighted by molar-refractivity contribution is 0.140. The Labute approximate surface area is 142 Å². The molecule has 0 saturated carbocycles. The first-order valence-corrected chi connectivity index (χ1v) is 8.66. The van der Waals surface area contributed by atoms with Crippen LogP contribution in [0.2, 0.25) is 0 Å². The van der Waals surface area contributed by atoms with Gasteiger partial charge in [0.2, 0.25) is 0 Å². The Balaban J connectivity index is 2.83. The van der Waals surface area contributed by atoms with Crippen molar-refractivity contribution in [3.63, 3.8) is 0 Å². The van der Waals surface area contributed by atoms with Gasteiger partial charge in [0, 0.05) is 7.11 Å². The van der Waals surface area contributed by atoms with Gasteiger partial charge in [-0.05, 0) is 57.4 Å². The Bertz CT molecular complexity index is 504. The van der Waals surface area contributed by atoms with Crippen LogP contribution >= 0.6 is 0 Å². The molecule has 2 nitrogen and oxygen atoms in total. The van der Waals surface area contributed by atoms with Crippen LogP contribution in [0.25, 0.3) is 0 Å². The third-order valence-corrected chi connectivity index (χ3v) is 4.77. The van der Waals surface area contributed by atoms with Crippen molar-refractivity contribution in [1.29, 1.82) is 0 Å². The van der Waals surface area contributed by atoms with E-state index in [-0.39, 0.29) is 18.1 Å². The molecule has 0 heterocycles. The van der Waals surface area contributed by atoms with Gasteiger partial charge in [-0.3, -0.25) is 0 Å². The SMILES string of the molecule is COC(C=C(C)C=CC1=C(C)CCCC1(C)C)CC(C)=CCO. The Morgan fingerprint density at radius 2 is 2.04 bits per heavy atom. The van der Waals surface area contributed by atoms with Gasteiger partial charge in [0.15, 0.2) is 0 Å². The molecule has 1 N–H and O–H groups in total. The molecule has 1 aliphatic rings. The van der Waals surface area contributed by atoms with Crippen LogP contribution in [0.4, 0.5) is 0 Å². The van der Waals surface area contributed by atoms with E-state index >= 15 is 0 Å². The van der Waals surface area contributed by atoms with Gasteiger partial charge in [0.25, 0.3) is 0 Å². The third kappa shape index (κ3) is 6.48. The van der Waals surface area contributed by atoms with E-state index in [1.165, 1.54) is 36.0 Å². The first kappa shape index (κ1) is 19.9. The van der Waals surface area contributed by atoms with E-state index in [2.05, 4.69) is 45.9 Å². The molecule has 0 aromatic carbocycles. The molecule has 1 rings (SSSR count). The van der Waals surface area contributed by atoms with Gasteiger partial charge in [0.1, 0.15) is 0 Å². The highest BCUT2D eigenvalue weighted by Crippen LogP contribution is 2.40. The summed E-state index contributed by atoms with van der Waals surface area (Å²) in [6.45, 7) is 11.2. The summed E-state index contributed by atoms with van der Waals surface area (Å²) in [5.41, 5.74) is 5.66. The highest BCUT2D eigenvalue weighted by atomic mass is 16.5. The van der Waals surface area contributed by atoms with Gasteiger partial charge in [-0.1, -0.05) is 54.9 Å². The maximum absolute atomic E-state index is 8.96. The molecule has 2 heteroatoms. The number of methoxy groups -OCH3 is 1. The van der Waals surface area contributed by atoms with Crippen molar-refractivity contribution >= 4 is 0 Å². The van der Waals surface area contributed by atoms with E-state index in [0.29, 0.717) is 0 Å². The van der Waals surface area contributed by atoms with Gasteiger partial charge >= 0.3 is 0 Å². The number of ether oxygens (including phenoxy) is 1. The van der Waals surface area contributed by atoms with E-state index in [0.717, 1.165) is 12.0 Å². The largest absolute Gasteiger partial charge is 0.392 e. The second-order valence-corrected chi connectivity index (χ2v) is 7.39. The zero-order valence-electron chi connectivity index (χ0n) is 15.8. The van der Waals surface area contributed by atoms with Crippen molar-refractivity contribution in [3.05, 3.63) is 46.6 Å². The first-order chi connectivity index (χ1) is 10.8. The Morgan fingerprint density at radius 1 is 1.35 bits per heavy atom. The van der Waals surface area contributed by atoms with Crippen molar-refractivity contribution in [1.82, 2.24) is 0 Å². The van der Waals surface area contributed by atoms with Gasteiger partial charge < -0.3 is 9.84 Å². The van der Waals surface area contributed by atoms with Gasteiger partial charge in [-0.25, -0.2) is 0 Å². The summed E-state index contributed by atoms with van der Waals surface area (Å²) in [5, 5.41) is 8.96. The number of hydrogen-bond donors (Lipinski definition) is 1. The van der Waals surface area contributed by atoms with Crippen molar-refractivity contribution in [2.24, 2.45) is 5.41 Å². The fourth-order valence-corrected chi connectivity index (χ4v) is 3.34. The lowest BCUT2D eigenvalue weighted by Gasteiger charge is -2.33. The Morgan fingerprint density at radius 3 is 2.61 bits per heavy atom. The number of hydrogen-bond acceptors (Lipinski definition) is 2. The molecule has 0 aromatic rings. The molecule has 0 fully saturated rings. The molecule has 0 radical (unpaired) electrons. The fourth-order valence-electron chi connectivity index (χ4n) is 3.34. The number of aliphatic hydroxyl groups is 1. The van der Waals surface area contributed by atoms with Crippen LogP contribution in [0.1, 0.15) is 60.3 Å². The third-order valence-electron chi connectivity index (χ3n) is 4.77. The van der Waals surface area contributed by atoms with Crippen LogP contribution in [0.15, 0.2) is 46.6 Å². The lowest BCUT2D eigenvalue weighted by atomic mass is 9.72. The molecule has 0 aromatic heterocycles. The molecule has 0 saturated heterocycles. The zero-order chi connectivity index (χ0) is 17.5. The molecule has 1 aliphatic carbocycles. The van der Waals surface area contributed by atoms with Crippen LogP contribution in [0, 0.1) is 5.41 Å². The second-order valence-electron chi connectivity index (χ2n) is 7.39. The lowest BCUT2D eigenvalue weighted by Crippen LogP contribution is -2.19. The van der Waals surface area contributed by atoms with Crippen LogP contribution in [-0.4, -0.2) is 24.9 Å². The topological polar surface area (TPSA) is 29.5 Å². The summed E-state index contributed by atoms with van der Waals surface area (Å²) in [6.07, 6.45) is 13.2. The number of aliphatic hydroxyl groups excluding tert-OH is 1. The minimum Gasteiger partial charge on any atom is -0.392 e. The van der Waals surface area contributed by atoms with E-state index in [9.17, 15) is 0 Å². The number of allylic oxidation sites excluding steroid dienone is 5. The van der Waals surface area contributed by atoms with Crippen LogP contribution in [-0.2, 0) is 4.74 Å². The molecule has 0 spiro atoms. The summed E-state index contributed by atoms with van der Waals surface area (Å²) >= 11 is 0. The quantitative estimate of drug-likeness (QED) is 0.506. The van der Waals surface area contributed by atoms with E-state index in [4.69, 9.17) is 9.84 Å². The average molecular weight is 319 g/mol. The predicted molar refractivity (Wildman–Crippen MR) is 99.5 cm³/mol. The average Bonchev–Trinajstić information content (AvgIpc) is 2.45. The highest BCUT2D eigenvalue weighted by molar-refractivity contribution is 5.36. The maximum Gasteiger partial charge on any atom is 0.0794 e. The fraction of sp³-hybridized carbons (Fsp3) is 0.619. The highest BCUT2D eigenvalue weighted by Gasteiger charge is 2.26. The zero-order valence-corrected chi connectivity index (χ0v) is 15.8. The summed E-state index contributed by atoms with van der Waals surface area (Å²) in [6, 6.07) is 0.